The minimum absolute atomic E-state index is 0.00365. The number of hydrogen-bond acceptors (Lipinski definition) is 3. The molecular formula is C20H22BrN3OS. The summed E-state index contributed by atoms with van der Waals surface area (Å²) >= 11 is 5.19. The highest BCUT2D eigenvalue weighted by Crippen LogP contribution is 2.28. The zero-order valence-corrected chi connectivity index (χ0v) is 17.7. The molecule has 4 nitrogen and oxygen atoms in total. The molecule has 0 aliphatic carbocycles. The molecule has 6 heteroatoms. The lowest BCUT2D eigenvalue weighted by Crippen LogP contribution is -2.30. The molecular weight excluding hydrogens is 410 g/mol. The smallest absolute Gasteiger partial charge is 0.240 e. The van der Waals surface area contributed by atoms with Gasteiger partial charge in [0.2, 0.25) is 5.91 Å². The van der Waals surface area contributed by atoms with Crippen LogP contribution in [-0.2, 0) is 11.3 Å². The molecule has 3 aromatic rings. The van der Waals surface area contributed by atoms with Crippen molar-refractivity contribution in [3.05, 3.63) is 62.1 Å². The quantitative estimate of drug-likeness (QED) is 0.604. The summed E-state index contributed by atoms with van der Waals surface area (Å²) in [5.41, 5.74) is 5.27. The van der Waals surface area contributed by atoms with Crippen LogP contribution in [0.5, 0.6) is 0 Å². The van der Waals surface area contributed by atoms with E-state index in [0.29, 0.717) is 6.54 Å². The van der Waals surface area contributed by atoms with Crippen LogP contribution >= 0.6 is 27.3 Å². The van der Waals surface area contributed by atoms with Crippen molar-refractivity contribution in [3.63, 3.8) is 0 Å². The number of carbonyl (C=O) groups is 1. The van der Waals surface area contributed by atoms with Gasteiger partial charge in [0.05, 0.1) is 16.7 Å². The first-order chi connectivity index (χ1) is 12.4. The van der Waals surface area contributed by atoms with Crippen molar-refractivity contribution in [1.82, 2.24) is 14.9 Å². The topological polar surface area (TPSA) is 46.9 Å². The minimum atomic E-state index is -0.0603. The van der Waals surface area contributed by atoms with E-state index in [1.807, 2.05) is 56.5 Å². The van der Waals surface area contributed by atoms with Gasteiger partial charge in [-0.2, -0.15) is 0 Å². The molecule has 0 fully saturated rings. The van der Waals surface area contributed by atoms with Crippen molar-refractivity contribution in [2.45, 2.75) is 40.3 Å². The zero-order valence-electron chi connectivity index (χ0n) is 15.3. The molecule has 1 amide bonds. The van der Waals surface area contributed by atoms with E-state index in [1.54, 1.807) is 11.3 Å². The number of halogens is 1. The molecule has 1 aromatic carbocycles. The molecule has 1 N–H and O–H groups in total. The summed E-state index contributed by atoms with van der Waals surface area (Å²) in [5.74, 6) is -0.00365. The molecule has 26 heavy (non-hydrogen) atoms. The fraction of sp³-hybridized carbons (Fsp3) is 0.300. The summed E-state index contributed by atoms with van der Waals surface area (Å²) in [6.07, 6.45) is 0. The Labute approximate surface area is 166 Å². The van der Waals surface area contributed by atoms with Gasteiger partial charge in [0, 0.05) is 26.8 Å². The standard InChI is InChI=1S/C20H22BrN3OS/c1-12-9-17(19-11-26-15(4)23-19)14(3)24(12)10-20(25)22-13(2)16-7-5-6-8-18(16)21/h5-9,11,13H,10H2,1-4H3,(H,22,25). The summed E-state index contributed by atoms with van der Waals surface area (Å²) in [4.78, 5) is 17.2. The molecule has 0 spiro atoms. The Kier molecular flexibility index (Phi) is 5.63. The molecule has 1 unspecified atom stereocenters. The Balaban J connectivity index is 1.76. The van der Waals surface area contributed by atoms with Crippen molar-refractivity contribution in [2.75, 3.05) is 0 Å². The van der Waals surface area contributed by atoms with Gasteiger partial charge in [0.1, 0.15) is 6.54 Å². The predicted octanol–water partition coefficient (Wildman–Crippen LogP) is 5.18. The molecule has 1 atom stereocenters. The van der Waals surface area contributed by atoms with Gasteiger partial charge in [-0.05, 0) is 45.4 Å². The van der Waals surface area contributed by atoms with Crippen LogP contribution in [-0.4, -0.2) is 15.5 Å². The molecule has 2 aromatic heterocycles. The van der Waals surface area contributed by atoms with Crippen LogP contribution in [0, 0.1) is 20.8 Å². The van der Waals surface area contributed by atoms with Gasteiger partial charge >= 0.3 is 0 Å². The van der Waals surface area contributed by atoms with E-state index < -0.39 is 0 Å². The van der Waals surface area contributed by atoms with Crippen LogP contribution in [0.15, 0.2) is 40.2 Å². The number of nitrogens with one attached hydrogen (secondary N) is 1. The molecule has 0 aliphatic rings. The van der Waals surface area contributed by atoms with E-state index >= 15 is 0 Å². The number of carbonyl (C=O) groups excluding carboxylic acids is 1. The van der Waals surface area contributed by atoms with Crippen LogP contribution in [0.2, 0.25) is 0 Å². The van der Waals surface area contributed by atoms with Crippen LogP contribution in [0.4, 0.5) is 0 Å². The van der Waals surface area contributed by atoms with Crippen molar-refractivity contribution in [2.24, 2.45) is 0 Å². The number of nitrogens with zero attached hydrogens (tertiary/aromatic N) is 2. The largest absolute Gasteiger partial charge is 0.348 e. The average molecular weight is 432 g/mol. The third-order valence-corrected chi connectivity index (χ3v) is 6.02. The second-order valence-corrected chi connectivity index (χ2v) is 8.35. The maximum atomic E-state index is 12.6. The number of rotatable bonds is 5. The molecule has 0 radical (unpaired) electrons. The summed E-state index contributed by atoms with van der Waals surface area (Å²) in [7, 11) is 0. The third kappa shape index (κ3) is 3.91. The van der Waals surface area contributed by atoms with E-state index in [-0.39, 0.29) is 11.9 Å². The summed E-state index contributed by atoms with van der Waals surface area (Å²) in [6.45, 7) is 8.37. The van der Waals surface area contributed by atoms with Crippen molar-refractivity contribution in [3.8, 4) is 11.3 Å². The lowest BCUT2D eigenvalue weighted by atomic mass is 10.1. The summed E-state index contributed by atoms with van der Waals surface area (Å²) in [6, 6.07) is 10.00. The molecule has 0 saturated heterocycles. The van der Waals surface area contributed by atoms with Crippen molar-refractivity contribution >= 4 is 33.2 Å². The fourth-order valence-corrected chi connectivity index (χ4v) is 4.37. The maximum Gasteiger partial charge on any atom is 0.240 e. The van der Waals surface area contributed by atoms with E-state index in [1.165, 1.54) is 0 Å². The molecule has 2 heterocycles. The highest BCUT2D eigenvalue weighted by Gasteiger charge is 2.17. The Bertz CT molecular complexity index is 944. The molecule has 3 rings (SSSR count). The normalized spacial score (nSPS) is 12.2. The van der Waals surface area contributed by atoms with Crippen LogP contribution in [0.1, 0.15) is 34.9 Å². The van der Waals surface area contributed by atoms with Crippen LogP contribution in [0.3, 0.4) is 0 Å². The minimum Gasteiger partial charge on any atom is -0.348 e. The summed E-state index contributed by atoms with van der Waals surface area (Å²) in [5, 5.41) is 6.20. The molecule has 0 saturated carbocycles. The number of aromatic nitrogens is 2. The monoisotopic (exact) mass is 431 g/mol. The van der Waals surface area contributed by atoms with Gasteiger partial charge in [0.25, 0.3) is 0 Å². The Morgan fingerprint density at radius 3 is 2.69 bits per heavy atom. The van der Waals surface area contributed by atoms with Gasteiger partial charge in [-0.1, -0.05) is 34.1 Å². The number of thiazole rings is 1. The van der Waals surface area contributed by atoms with Crippen LogP contribution < -0.4 is 5.32 Å². The Hall–Kier alpha value is -1.92. The van der Waals surface area contributed by atoms with Gasteiger partial charge < -0.3 is 9.88 Å². The number of benzene rings is 1. The Morgan fingerprint density at radius 2 is 2.04 bits per heavy atom. The third-order valence-electron chi connectivity index (χ3n) is 4.52. The van der Waals surface area contributed by atoms with Gasteiger partial charge in [-0.25, -0.2) is 4.98 Å². The number of aryl methyl sites for hydroxylation is 2. The summed E-state index contributed by atoms with van der Waals surface area (Å²) < 4.78 is 3.05. The molecule has 136 valence electrons. The van der Waals surface area contributed by atoms with Crippen LogP contribution in [0.25, 0.3) is 11.3 Å². The maximum absolute atomic E-state index is 12.6. The molecule has 0 aliphatic heterocycles. The fourth-order valence-electron chi connectivity index (χ4n) is 3.13. The SMILES string of the molecule is Cc1nc(-c2cc(C)n(CC(=O)NC(C)c3ccccc3Br)c2C)cs1. The van der Waals surface area contributed by atoms with Gasteiger partial charge in [-0.3, -0.25) is 4.79 Å². The Morgan fingerprint density at radius 1 is 1.31 bits per heavy atom. The first-order valence-electron chi connectivity index (χ1n) is 8.50. The van der Waals surface area contributed by atoms with Crippen molar-refractivity contribution < 1.29 is 4.79 Å². The highest BCUT2D eigenvalue weighted by molar-refractivity contribution is 9.10. The number of amides is 1. The van der Waals surface area contributed by atoms with E-state index in [2.05, 4.69) is 37.7 Å². The molecule has 0 bridgehead atoms. The second-order valence-electron chi connectivity index (χ2n) is 6.43. The van der Waals surface area contributed by atoms with Crippen molar-refractivity contribution in [1.29, 1.82) is 0 Å². The average Bonchev–Trinajstić information content (AvgIpc) is 3.13. The lowest BCUT2D eigenvalue weighted by Gasteiger charge is -2.17. The van der Waals surface area contributed by atoms with Gasteiger partial charge in [-0.15, -0.1) is 11.3 Å². The van der Waals surface area contributed by atoms with E-state index in [4.69, 9.17) is 0 Å². The van der Waals surface area contributed by atoms with Gasteiger partial charge in [0.15, 0.2) is 0 Å². The zero-order chi connectivity index (χ0) is 18.8. The van der Waals surface area contributed by atoms with E-state index in [9.17, 15) is 4.79 Å². The lowest BCUT2D eigenvalue weighted by molar-refractivity contribution is -0.122. The number of hydrogen-bond donors (Lipinski definition) is 1. The predicted molar refractivity (Wildman–Crippen MR) is 110 cm³/mol. The highest BCUT2D eigenvalue weighted by atomic mass is 79.9. The second kappa shape index (κ2) is 7.76. The first-order valence-corrected chi connectivity index (χ1v) is 10.2. The van der Waals surface area contributed by atoms with E-state index in [0.717, 1.165) is 37.7 Å². The first kappa shape index (κ1) is 18.9.